The summed E-state index contributed by atoms with van der Waals surface area (Å²) >= 11 is 0. The first-order valence-electron chi connectivity index (χ1n) is 6.97. The van der Waals surface area contributed by atoms with Crippen LogP contribution in [0.15, 0.2) is 0 Å². The predicted octanol–water partition coefficient (Wildman–Crippen LogP) is 1.24. The van der Waals surface area contributed by atoms with Gasteiger partial charge in [-0.1, -0.05) is 12.8 Å². The number of hydrogen-bond acceptors (Lipinski definition) is 3. The molecule has 3 N–H and O–H groups in total. The number of piperidine rings is 1. The normalized spacial score (nSPS) is 49.5. The van der Waals surface area contributed by atoms with E-state index in [1.807, 2.05) is 0 Å². The van der Waals surface area contributed by atoms with E-state index in [4.69, 9.17) is 5.73 Å². The molecule has 16 heavy (non-hydrogen) atoms. The van der Waals surface area contributed by atoms with Crippen LogP contribution in [0.3, 0.4) is 0 Å². The Hall–Kier alpha value is -0.120. The molecule has 0 radical (unpaired) electrons. The van der Waals surface area contributed by atoms with Crippen molar-refractivity contribution in [2.24, 2.45) is 5.73 Å². The number of nitrogens with two attached hydrogens (primary N) is 1. The lowest BCUT2D eigenvalue weighted by Gasteiger charge is -2.46. The van der Waals surface area contributed by atoms with Crippen molar-refractivity contribution in [2.75, 3.05) is 0 Å². The molecule has 3 nitrogen and oxygen atoms in total. The standard InChI is InChI=1S/C13H24N2O/c14-9-7-10-5-6-11(8-9)15(10)12-3-1-2-4-13(12)16/h9-13,16H,1-8,14H2. The zero-order valence-electron chi connectivity index (χ0n) is 10.0. The number of rotatable bonds is 1. The Morgan fingerprint density at radius 2 is 1.56 bits per heavy atom. The van der Waals surface area contributed by atoms with E-state index in [9.17, 15) is 5.11 Å². The fourth-order valence-corrected chi connectivity index (χ4v) is 4.24. The van der Waals surface area contributed by atoms with Crippen LogP contribution in [0.2, 0.25) is 0 Å². The molecule has 1 saturated carbocycles. The largest absolute Gasteiger partial charge is 0.391 e. The second-order valence-electron chi connectivity index (χ2n) is 5.98. The smallest absolute Gasteiger partial charge is 0.0695 e. The average Bonchev–Trinajstić information content (AvgIpc) is 2.53. The highest BCUT2D eigenvalue weighted by molar-refractivity contribution is 5.01. The van der Waals surface area contributed by atoms with Crippen LogP contribution in [-0.2, 0) is 0 Å². The molecule has 3 fully saturated rings. The quantitative estimate of drug-likeness (QED) is 0.704. The van der Waals surface area contributed by atoms with Gasteiger partial charge in [-0.15, -0.1) is 0 Å². The van der Waals surface area contributed by atoms with Crippen LogP contribution in [0.4, 0.5) is 0 Å². The predicted molar refractivity (Wildman–Crippen MR) is 64.1 cm³/mol. The maximum Gasteiger partial charge on any atom is 0.0695 e. The van der Waals surface area contributed by atoms with Crippen LogP contribution in [0, 0.1) is 0 Å². The molecule has 3 heteroatoms. The SMILES string of the molecule is NC1CC2CCC(C1)N2C1CCCCC1O. The van der Waals surface area contributed by atoms with Gasteiger partial charge in [-0.2, -0.15) is 0 Å². The van der Waals surface area contributed by atoms with Gasteiger partial charge in [-0.05, 0) is 38.5 Å². The summed E-state index contributed by atoms with van der Waals surface area (Å²) in [6, 6.07) is 2.20. The number of nitrogens with zero attached hydrogens (tertiary/aromatic N) is 1. The Labute approximate surface area is 98.0 Å². The van der Waals surface area contributed by atoms with E-state index in [0.29, 0.717) is 24.2 Å². The molecule has 2 aliphatic heterocycles. The minimum absolute atomic E-state index is 0.0776. The molecular weight excluding hydrogens is 200 g/mol. The van der Waals surface area contributed by atoms with E-state index >= 15 is 0 Å². The van der Waals surface area contributed by atoms with E-state index < -0.39 is 0 Å². The average molecular weight is 224 g/mol. The lowest BCUT2D eigenvalue weighted by atomic mass is 9.87. The lowest BCUT2D eigenvalue weighted by Crippen LogP contribution is -2.56. The Bertz CT molecular complexity index is 244. The van der Waals surface area contributed by atoms with Crippen molar-refractivity contribution in [3.05, 3.63) is 0 Å². The first kappa shape index (κ1) is 11.0. The van der Waals surface area contributed by atoms with Crippen molar-refractivity contribution in [3.63, 3.8) is 0 Å². The number of aliphatic hydroxyl groups is 1. The zero-order valence-corrected chi connectivity index (χ0v) is 10.0. The van der Waals surface area contributed by atoms with Gasteiger partial charge < -0.3 is 10.8 Å². The van der Waals surface area contributed by atoms with Gasteiger partial charge in [0.2, 0.25) is 0 Å². The Morgan fingerprint density at radius 3 is 2.19 bits per heavy atom. The molecule has 0 aromatic carbocycles. The Balaban J connectivity index is 1.74. The third kappa shape index (κ3) is 1.79. The van der Waals surface area contributed by atoms with Crippen molar-refractivity contribution in [3.8, 4) is 0 Å². The van der Waals surface area contributed by atoms with Crippen molar-refractivity contribution in [2.45, 2.75) is 81.6 Å². The van der Waals surface area contributed by atoms with Gasteiger partial charge in [0.05, 0.1) is 6.10 Å². The first-order chi connectivity index (χ1) is 7.75. The maximum atomic E-state index is 10.2. The van der Waals surface area contributed by atoms with Crippen LogP contribution in [0.5, 0.6) is 0 Å². The molecule has 0 aromatic heterocycles. The Morgan fingerprint density at radius 1 is 0.938 bits per heavy atom. The monoisotopic (exact) mass is 224 g/mol. The van der Waals surface area contributed by atoms with E-state index in [1.54, 1.807) is 0 Å². The van der Waals surface area contributed by atoms with Gasteiger partial charge in [-0.3, -0.25) is 4.90 Å². The van der Waals surface area contributed by atoms with E-state index in [1.165, 1.54) is 32.1 Å². The molecule has 92 valence electrons. The second kappa shape index (κ2) is 4.28. The van der Waals surface area contributed by atoms with Crippen LogP contribution >= 0.6 is 0 Å². The minimum atomic E-state index is -0.0776. The topological polar surface area (TPSA) is 49.5 Å². The molecule has 2 bridgehead atoms. The lowest BCUT2D eigenvalue weighted by molar-refractivity contribution is -0.0227. The summed E-state index contributed by atoms with van der Waals surface area (Å²) in [6.07, 6.45) is 9.55. The highest BCUT2D eigenvalue weighted by atomic mass is 16.3. The fraction of sp³-hybridized carbons (Fsp3) is 1.00. The zero-order chi connectivity index (χ0) is 11.1. The van der Waals surface area contributed by atoms with Gasteiger partial charge in [-0.25, -0.2) is 0 Å². The molecular formula is C13H24N2O. The molecule has 2 saturated heterocycles. The minimum Gasteiger partial charge on any atom is -0.391 e. The summed E-state index contributed by atoms with van der Waals surface area (Å²) in [6.45, 7) is 0. The summed E-state index contributed by atoms with van der Waals surface area (Å²) < 4.78 is 0. The highest BCUT2D eigenvalue weighted by Gasteiger charge is 2.45. The maximum absolute atomic E-state index is 10.2. The molecule has 0 amide bonds. The summed E-state index contributed by atoms with van der Waals surface area (Å²) in [5.41, 5.74) is 6.09. The molecule has 3 rings (SSSR count). The first-order valence-corrected chi connectivity index (χ1v) is 6.97. The van der Waals surface area contributed by atoms with Crippen LogP contribution in [0.25, 0.3) is 0 Å². The van der Waals surface area contributed by atoms with Gasteiger partial charge in [0.15, 0.2) is 0 Å². The number of aliphatic hydroxyl groups excluding tert-OH is 1. The van der Waals surface area contributed by atoms with Gasteiger partial charge in [0, 0.05) is 24.2 Å². The van der Waals surface area contributed by atoms with Crippen LogP contribution in [-0.4, -0.2) is 40.3 Å². The third-order valence-corrected chi connectivity index (χ3v) is 4.90. The summed E-state index contributed by atoms with van der Waals surface area (Å²) in [5, 5.41) is 10.2. The van der Waals surface area contributed by atoms with E-state index in [2.05, 4.69) is 4.90 Å². The van der Waals surface area contributed by atoms with Crippen LogP contribution in [0.1, 0.15) is 51.4 Å². The molecule has 0 spiro atoms. The Kier molecular flexibility index (Phi) is 2.94. The molecule has 0 aromatic rings. The molecule has 4 atom stereocenters. The summed E-state index contributed by atoms with van der Waals surface area (Å²) in [7, 11) is 0. The molecule has 1 aliphatic carbocycles. The third-order valence-electron chi connectivity index (χ3n) is 4.90. The van der Waals surface area contributed by atoms with E-state index in [0.717, 1.165) is 19.3 Å². The van der Waals surface area contributed by atoms with Crippen LogP contribution < -0.4 is 5.73 Å². The van der Waals surface area contributed by atoms with Crippen molar-refractivity contribution in [1.29, 1.82) is 0 Å². The summed E-state index contributed by atoms with van der Waals surface area (Å²) in [5.74, 6) is 0. The van der Waals surface area contributed by atoms with Gasteiger partial charge in [0.1, 0.15) is 0 Å². The molecule has 3 aliphatic rings. The molecule has 4 unspecified atom stereocenters. The van der Waals surface area contributed by atoms with Crippen molar-refractivity contribution >= 4 is 0 Å². The second-order valence-corrected chi connectivity index (χ2v) is 5.98. The van der Waals surface area contributed by atoms with Crippen molar-refractivity contribution in [1.82, 2.24) is 4.90 Å². The van der Waals surface area contributed by atoms with Gasteiger partial charge >= 0.3 is 0 Å². The van der Waals surface area contributed by atoms with Gasteiger partial charge in [0.25, 0.3) is 0 Å². The highest BCUT2D eigenvalue weighted by Crippen LogP contribution is 2.39. The summed E-state index contributed by atoms with van der Waals surface area (Å²) in [4.78, 5) is 2.65. The number of fused-ring (bicyclic) bond motifs is 2. The number of hydrogen-bond donors (Lipinski definition) is 2. The fourth-order valence-electron chi connectivity index (χ4n) is 4.24. The van der Waals surface area contributed by atoms with E-state index in [-0.39, 0.29) is 6.10 Å². The molecule has 2 heterocycles. The van der Waals surface area contributed by atoms with Crippen molar-refractivity contribution < 1.29 is 5.11 Å².